The monoisotopic (exact) mass is 302 g/mol. The van der Waals surface area contributed by atoms with Crippen LogP contribution in [0.1, 0.15) is 47.9 Å². The fourth-order valence-electron chi connectivity index (χ4n) is 3.12. The summed E-state index contributed by atoms with van der Waals surface area (Å²) in [7, 11) is 0. The molecule has 0 spiro atoms. The summed E-state index contributed by atoms with van der Waals surface area (Å²) in [6, 6.07) is 26.7. The molecule has 0 aromatic heterocycles. The van der Waals surface area contributed by atoms with Crippen LogP contribution < -0.4 is 0 Å². The average Bonchev–Trinajstić information content (AvgIpc) is 2.62. The molecule has 0 saturated heterocycles. The van der Waals surface area contributed by atoms with Gasteiger partial charge in [-0.1, -0.05) is 92.7 Å². The topological polar surface area (TPSA) is 20.2 Å². The number of para-hydroxylation sites is 1. The molecular formula is C22H22O. The molecule has 0 fully saturated rings. The maximum atomic E-state index is 10.9. The number of phenolic OH excluding ortho intramolecular Hbond substituents is 1. The zero-order chi connectivity index (χ0) is 16.2. The normalized spacial score (nSPS) is 13.5. The van der Waals surface area contributed by atoms with Crippen LogP contribution in [-0.2, 0) is 0 Å². The van der Waals surface area contributed by atoms with Gasteiger partial charge in [0.1, 0.15) is 5.75 Å². The number of aromatic hydroxyl groups is 1. The first-order valence-electron chi connectivity index (χ1n) is 8.10. The van der Waals surface area contributed by atoms with E-state index in [1.807, 2.05) is 54.6 Å². The van der Waals surface area contributed by atoms with Crippen LogP contribution in [0.3, 0.4) is 0 Å². The largest absolute Gasteiger partial charge is 0.507 e. The molecule has 1 nitrogen and oxygen atoms in total. The van der Waals surface area contributed by atoms with Crippen molar-refractivity contribution in [2.75, 3.05) is 0 Å². The highest BCUT2D eigenvalue weighted by Crippen LogP contribution is 2.38. The van der Waals surface area contributed by atoms with Gasteiger partial charge in [0.15, 0.2) is 0 Å². The van der Waals surface area contributed by atoms with Gasteiger partial charge in [-0.2, -0.15) is 0 Å². The highest BCUT2D eigenvalue weighted by molar-refractivity contribution is 5.49. The molecule has 3 aromatic rings. The lowest BCUT2D eigenvalue weighted by molar-refractivity contribution is 0.457. The third-order valence-electron chi connectivity index (χ3n) is 4.63. The second-order valence-electron chi connectivity index (χ2n) is 6.05. The third-order valence-corrected chi connectivity index (χ3v) is 4.63. The first kappa shape index (κ1) is 15.4. The van der Waals surface area contributed by atoms with Crippen molar-refractivity contribution in [1.82, 2.24) is 0 Å². The molecule has 3 rings (SSSR count). The van der Waals surface area contributed by atoms with Gasteiger partial charge >= 0.3 is 0 Å². The lowest BCUT2D eigenvalue weighted by atomic mass is 9.86. The quantitative estimate of drug-likeness (QED) is 0.656. The Morgan fingerprint density at radius 1 is 0.565 bits per heavy atom. The molecule has 1 heteroatoms. The Hall–Kier alpha value is -2.54. The van der Waals surface area contributed by atoms with Gasteiger partial charge in [-0.05, 0) is 11.1 Å². The molecule has 0 amide bonds. The van der Waals surface area contributed by atoms with Crippen LogP contribution in [0.5, 0.6) is 5.75 Å². The minimum atomic E-state index is 0.166. The summed E-state index contributed by atoms with van der Waals surface area (Å²) in [5, 5.41) is 10.9. The van der Waals surface area contributed by atoms with Crippen LogP contribution in [0.25, 0.3) is 0 Å². The molecule has 1 N–H and O–H groups in total. The summed E-state index contributed by atoms with van der Waals surface area (Å²) in [6.07, 6.45) is 0. The first-order chi connectivity index (χ1) is 11.2. The number of hydrogen-bond donors (Lipinski definition) is 1. The van der Waals surface area contributed by atoms with E-state index >= 15 is 0 Å². The number of hydrogen-bond acceptors (Lipinski definition) is 1. The zero-order valence-electron chi connectivity index (χ0n) is 13.6. The Morgan fingerprint density at radius 3 is 1.35 bits per heavy atom. The number of benzene rings is 3. The first-order valence-corrected chi connectivity index (χ1v) is 8.10. The van der Waals surface area contributed by atoms with E-state index in [1.54, 1.807) is 0 Å². The van der Waals surface area contributed by atoms with Gasteiger partial charge in [-0.15, -0.1) is 0 Å². The SMILES string of the molecule is C[C@H](c1ccccc1)c1cccc([C@H](C)c2ccccc2)c1O. The fourth-order valence-corrected chi connectivity index (χ4v) is 3.12. The molecule has 0 saturated carbocycles. The van der Waals surface area contributed by atoms with E-state index < -0.39 is 0 Å². The maximum Gasteiger partial charge on any atom is 0.123 e. The number of rotatable bonds is 4. The predicted molar refractivity (Wildman–Crippen MR) is 96.0 cm³/mol. The van der Waals surface area contributed by atoms with Gasteiger partial charge < -0.3 is 5.11 Å². The van der Waals surface area contributed by atoms with Crippen LogP contribution >= 0.6 is 0 Å². The molecule has 0 aliphatic rings. The number of phenols is 1. The maximum absolute atomic E-state index is 10.9. The smallest absolute Gasteiger partial charge is 0.123 e. The van der Waals surface area contributed by atoms with E-state index in [2.05, 4.69) is 38.1 Å². The molecule has 0 radical (unpaired) electrons. The van der Waals surface area contributed by atoms with Crippen molar-refractivity contribution in [1.29, 1.82) is 0 Å². The second kappa shape index (κ2) is 6.70. The summed E-state index contributed by atoms with van der Waals surface area (Å²) in [6.45, 7) is 4.28. The van der Waals surface area contributed by atoms with Crippen LogP contribution in [0.15, 0.2) is 78.9 Å². The van der Waals surface area contributed by atoms with Crippen molar-refractivity contribution in [2.45, 2.75) is 25.7 Å². The van der Waals surface area contributed by atoms with E-state index in [9.17, 15) is 5.11 Å². The Labute approximate surface area is 138 Å². The van der Waals surface area contributed by atoms with Crippen molar-refractivity contribution in [3.63, 3.8) is 0 Å². The van der Waals surface area contributed by atoms with Crippen molar-refractivity contribution < 1.29 is 5.11 Å². The lowest BCUT2D eigenvalue weighted by Crippen LogP contribution is -2.01. The van der Waals surface area contributed by atoms with Crippen molar-refractivity contribution >= 4 is 0 Å². The average molecular weight is 302 g/mol. The summed E-state index contributed by atoms with van der Waals surface area (Å²) in [5.74, 6) is 0.749. The highest BCUT2D eigenvalue weighted by atomic mass is 16.3. The van der Waals surface area contributed by atoms with Crippen molar-refractivity contribution in [3.8, 4) is 5.75 Å². The molecular weight excluding hydrogens is 280 g/mol. The standard InChI is InChI=1S/C22H22O/c1-16(18-10-5-3-6-11-18)20-14-9-15-21(22(20)23)17(2)19-12-7-4-8-13-19/h3-17,23H,1-2H3/t16-,17-/m1/s1. The summed E-state index contributed by atoms with van der Waals surface area (Å²) in [4.78, 5) is 0. The highest BCUT2D eigenvalue weighted by Gasteiger charge is 2.18. The molecule has 0 aliphatic heterocycles. The minimum absolute atomic E-state index is 0.166. The molecule has 2 atom stereocenters. The molecule has 3 aromatic carbocycles. The Morgan fingerprint density at radius 2 is 0.957 bits per heavy atom. The van der Waals surface area contributed by atoms with E-state index in [0.717, 1.165) is 11.1 Å². The van der Waals surface area contributed by atoms with E-state index in [4.69, 9.17) is 0 Å². The van der Waals surface area contributed by atoms with Gasteiger partial charge in [-0.25, -0.2) is 0 Å². The van der Waals surface area contributed by atoms with E-state index in [1.165, 1.54) is 11.1 Å². The van der Waals surface area contributed by atoms with Gasteiger partial charge in [0, 0.05) is 23.0 Å². The third kappa shape index (κ3) is 3.14. The molecule has 0 bridgehead atoms. The molecule has 23 heavy (non-hydrogen) atoms. The van der Waals surface area contributed by atoms with Crippen LogP contribution in [0.2, 0.25) is 0 Å². The van der Waals surface area contributed by atoms with E-state index in [-0.39, 0.29) is 11.8 Å². The van der Waals surface area contributed by atoms with E-state index in [0.29, 0.717) is 5.75 Å². The molecule has 0 unspecified atom stereocenters. The Balaban J connectivity index is 1.99. The lowest BCUT2D eigenvalue weighted by Gasteiger charge is -2.20. The zero-order valence-corrected chi connectivity index (χ0v) is 13.6. The van der Waals surface area contributed by atoms with Gasteiger partial charge in [0.05, 0.1) is 0 Å². The minimum Gasteiger partial charge on any atom is -0.507 e. The fraction of sp³-hybridized carbons (Fsp3) is 0.182. The summed E-state index contributed by atoms with van der Waals surface area (Å²) in [5.41, 5.74) is 4.40. The van der Waals surface area contributed by atoms with Crippen molar-refractivity contribution in [2.24, 2.45) is 0 Å². The van der Waals surface area contributed by atoms with Crippen LogP contribution in [0, 0.1) is 0 Å². The van der Waals surface area contributed by atoms with Crippen LogP contribution in [-0.4, -0.2) is 5.11 Å². The second-order valence-corrected chi connectivity index (χ2v) is 6.05. The van der Waals surface area contributed by atoms with Gasteiger partial charge in [-0.3, -0.25) is 0 Å². The summed E-state index contributed by atoms with van der Waals surface area (Å²) >= 11 is 0. The van der Waals surface area contributed by atoms with Gasteiger partial charge in [0.25, 0.3) is 0 Å². The van der Waals surface area contributed by atoms with Gasteiger partial charge in [0.2, 0.25) is 0 Å². The summed E-state index contributed by atoms with van der Waals surface area (Å²) < 4.78 is 0. The van der Waals surface area contributed by atoms with Crippen LogP contribution in [0.4, 0.5) is 0 Å². The Bertz CT molecular complexity index is 699. The van der Waals surface area contributed by atoms with Crippen molar-refractivity contribution in [3.05, 3.63) is 101 Å². The molecule has 0 aliphatic carbocycles. The Kier molecular flexibility index (Phi) is 4.47. The predicted octanol–water partition coefficient (Wildman–Crippen LogP) is 5.70. The molecule has 116 valence electrons. The molecule has 0 heterocycles.